The summed E-state index contributed by atoms with van der Waals surface area (Å²) in [6.07, 6.45) is 2.64. The van der Waals surface area contributed by atoms with Gasteiger partial charge in [-0.15, -0.1) is 0 Å². The van der Waals surface area contributed by atoms with E-state index in [1.165, 1.54) is 12.8 Å². The van der Waals surface area contributed by atoms with Gasteiger partial charge in [0, 0.05) is 5.97 Å². The largest absolute Gasteiger partial charge is 1.00 e. The average molecular weight is 124 g/mol. The number of carbonyl (C=O) groups is 1. The molecule has 0 aromatic rings. The fraction of sp³-hybridized carbons (Fsp3) is 0.833. The minimum atomic E-state index is -1.08. The van der Waals surface area contributed by atoms with E-state index in [0.717, 1.165) is 6.92 Å². The van der Waals surface area contributed by atoms with Crippen molar-refractivity contribution >= 4 is 5.97 Å². The summed E-state index contributed by atoms with van der Waals surface area (Å²) in [6, 6.07) is 0. The Labute approximate surface area is 68.8 Å². The zero-order chi connectivity index (χ0) is 6.99. The van der Waals surface area contributed by atoms with Gasteiger partial charge in [-0.05, 0) is 6.92 Å². The predicted molar refractivity (Wildman–Crippen MR) is 31.3 cm³/mol. The van der Waals surface area contributed by atoms with E-state index in [-0.39, 0.29) is 18.9 Å². The number of hydrogen-bond donors (Lipinski definition) is 0. The second-order valence-corrected chi connectivity index (χ2v) is 1.49. The van der Waals surface area contributed by atoms with Gasteiger partial charge in [-0.1, -0.05) is 26.7 Å². The molecule has 0 rings (SSSR count). The number of hydrogen-bond acceptors (Lipinski definition) is 2. The number of rotatable bonds is 1. The second kappa shape index (κ2) is 15.7. The van der Waals surface area contributed by atoms with E-state index in [2.05, 4.69) is 13.8 Å². The van der Waals surface area contributed by atoms with Crippen LogP contribution >= 0.6 is 0 Å². The summed E-state index contributed by atoms with van der Waals surface area (Å²) in [7, 11) is 0. The molecule has 0 unspecified atom stereocenters. The zero-order valence-electron chi connectivity index (χ0n) is 6.73. The van der Waals surface area contributed by atoms with Crippen molar-refractivity contribution in [3.63, 3.8) is 0 Å². The van der Waals surface area contributed by atoms with Crippen molar-refractivity contribution in [1.82, 2.24) is 0 Å². The summed E-state index contributed by atoms with van der Waals surface area (Å²) in [5.41, 5.74) is 0. The molecule has 0 bridgehead atoms. The van der Waals surface area contributed by atoms with Gasteiger partial charge in [0.05, 0.1) is 0 Å². The van der Waals surface area contributed by atoms with Crippen molar-refractivity contribution in [3.05, 3.63) is 0 Å². The van der Waals surface area contributed by atoms with E-state index in [4.69, 9.17) is 9.90 Å². The maximum absolute atomic E-state index is 8.89. The Morgan fingerprint density at radius 2 is 1.44 bits per heavy atom. The topological polar surface area (TPSA) is 40.1 Å². The molecule has 0 radical (unpaired) electrons. The SMILES string of the molecule is CC(=O)[O-].CCCC.[Li+]. The summed E-state index contributed by atoms with van der Waals surface area (Å²) in [5, 5.41) is 8.89. The number of carbonyl (C=O) groups excluding carboxylic acids is 1. The molecule has 0 fully saturated rings. The Morgan fingerprint density at radius 1 is 1.33 bits per heavy atom. The van der Waals surface area contributed by atoms with E-state index in [1.54, 1.807) is 0 Å². The Bertz CT molecular complexity index is 49.0. The smallest absolute Gasteiger partial charge is 0.550 e. The van der Waals surface area contributed by atoms with Crippen LogP contribution in [0, 0.1) is 0 Å². The van der Waals surface area contributed by atoms with Crippen LogP contribution in [-0.2, 0) is 4.79 Å². The molecule has 2 nitrogen and oxygen atoms in total. The van der Waals surface area contributed by atoms with Crippen molar-refractivity contribution in [2.45, 2.75) is 33.6 Å². The van der Waals surface area contributed by atoms with Gasteiger partial charge in [-0.25, -0.2) is 0 Å². The number of carboxylic acids is 1. The van der Waals surface area contributed by atoms with Gasteiger partial charge in [-0.3, -0.25) is 0 Å². The quantitative estimate of drug-likeness (QED) is 0.364. The monoisotopic (exact) mass is 124 g/mol. The first-order valence-corrected chi connectivity index (χ1v) is 2.82. The predicted octanol–water partition coefficient (Wildman–Crippen LogP) is -2.43. The number of aliphatic carboxylic acids is 1. The van der Waals surface area contributed by atoms with E-state index in [9.17, 15) is 0 Å². The summed E-state index contributed by atoms with van der Waals surface area (Å²) < 4.78 is 0. The van der Waals surface area contributed by atoms with Gasteiger partial charge in [0.2, 0.25) is 0 Å². The Kier molecular flexibility index (Phi) is 28.0. The van der Waals surface area contributed by atoms with E-state index < -0.39 is 5.97 Å². The third-order valence-corrected chi connectivity index (χ3v) is 0.500. The molecule has 3 heteroatoms. The van der Waals surface area contributed by atoms with Crippen LogP contribution in [-0.4, -0.2) is 5.97 Å². The van der Waals surface area contributed by atoms with E-state index in [1.807, 2.05) is 0 Å². The fourth-order valence-electron chi connectivity index (χ4n) is 0. The van der Waals surface area contributed by atoms with Gasteiger partial charge in [0.25, 0.3) is 0 Å². The van der Waals surface area contributed by atoms with E-state index in [0.29, 0.717) is 0 Å². The molecule has 0 aromatic heterocycles. The molecule has 0 amide bonds. The maximum atomic E-state index is 8.89. The Morgan fingerprint density at radius 3 is 1.44 bits per heavy atom. The van der Waals surface area contributed by atoms with Crippen molar-refractivity contribution < 1.29 is 28.8 Å². The van der Waals surface area contributed by atoms with Crippen LogP contribution in [0.25, 0.3) is 0 Å². The standard InChI is InChI=1S/C4H10.C2H4O2.Li/c1-3-4-2;1-2(3)4;/h3-4H2,1-2H3;1H3,(H,3,4);/q;;+1/p-1. The van der Waals surface area contributed by atoms with Crippen LogP contribution < -0.4 is 24.0 Å². The number of carboxylic acid groups (broad SMARTS) is 1. The van der Waals surface area contributed by atoms with Gasteiger partial charge >= 0.3 is 18.9 Å². The second-order valence-electron chi connectivity index (χ2n) is 1.49. The third kappa shape index (κ3) is 261. The molecule has 0 aliphatic heterocycles. The molecule has 0 aromatic carbocycles. The molecule has 0 N–H and O–H groups in total. The normalized spacial score (nSPS) is 6.11. The van der Waals surface area contributed by atoms with Crippen LogP contribution in [0.2, 0.25) is 0 Å². The van der Waals surface area contributed by atoms with Crippen molar-refractivity contribution in [3.8, 4) is 0 Å². The molecule has 9 heavy (non-hydrogen) atoms. The van der Waals surface area contributed by atoms with Crippen LogP contribution in [0.1, 0.15) is 33.6 Å². The molecule has 0 heterocycles. The first-order chi connectivity index (χ1) is 3.65. The number of unbranched alkanes of at least 4 members (excludes halogenated alkanes) is 1. The van der Waals surface area contributed by atoms with Crippen LogP contribution in [0.15, 0.2) is 0 Å². The van der Waals surface area contributed by atoms with E-state index >= 15 is 0 Å². The molecule has 0 atom stereocenters. The molecule has 0 spiro atoms. The Hall–Kier alpha value is 0.0674. The molecule has 0 saturated carbocycles. The first kappa shape index (κ1) is 16.0. The molecule has 50 valence electrons. The molecular formula is C6H13LiO2. The van der Waals surface area contributed by atoms with Gasteiger partial charge in [0.15, 0.2) is 0 Å². The summed E-state index contributed by atoms with van der Waals surface area (Å²) in [4.78, 5) is 8.89. The third-order valence-electron chi connectivity index (χ3n) is 0.500. The Balaban J connectivity index is -0.0000000720. The van der Waals surface area contributed by atoms with Crippen LogP contribution in [0.3, 0.4) is 0 Å². The molecule has 0 aliphatic rings. The summed E-state index contributed by atoms with van der Waals surface area (Å²) in [5.74, 6) is -1.08. The van der Waals surface area contributed by atoms with Crippen LogP contribution in [0.5, 0.6) is 0 Å². The minimum absolute atomic E-state index is 0. The first-order valence-electron chi connectivity index (χ1n) is 2.82. The summed E-state index contributed by atoms with van der Waals surface area (Å²) >= 11 is 0. The summed E-state index contributed by atoms with van der Waals surface area (Å²) in [6.45, 7) is 5.33. The van der Waals surface area contributed by atoms with Gasteiger partial charge in [-0.2, -0.15) is 0 Å². The zero-order valence-corrected chi connectivity index (χ0v) is 6.73. The van der Waals surface area contributed by atoms with Crippen molar-refractivity contribution in [2.75, 3.05) is 0 Å². The molecular weight excluding hydrogens is 111 g/mol. The van der Waals surface area contributed by atoms with Gasteiger partial charge < -0.3 is 9.90 Å². The minimum Gasteiger partial charge on any atom is -0.550 e. The van der Waals surface area contributed by atoms with Crippen molar-refractivity contribution in [1.29, 1.82) is 0 Å². The molecule has 0 saturated heterocycles. The maximum Gasteiger partial charge on any atom is 1.00 e. The average Bonchev–Trinajstić information content (AvgIpc) is 1.65. The van der Waals surface area contributed by atoms with Crippen LogP contribution in [0.4, 0.5) is 0 Å². The molecule has 0 aliphatic carbocycles. The fourth-order valence-corrected chi connectivity index (χ4v) is 0. The van der Waals surface area contributed by atoms with Gasteiger partial charge in [0.1, 0.15) is 0 Å². The van der Waals surface area contributed by atoms with Crippen molar-refractivity contribution in [2.24, 2.45) is 0 Å².